The molecule has 2 nitrogen and oxygen atoms in total. The summed E-state index contributed by atoms with van der Waals surface area (Å²) in [7, 11) is 0. The Hall–Kier alpha value is -0.670. The highest BCUT2D eigenvalue weighted by atomic mass is 35.5. The van der Waals surface area contributed by atoms with Gasteiger partial charge in [-0.3, -0.25) is 4.79 Å². The third-order valence-electron chi connectivity index (χ3n) is 1.88. The Morgan fingerprint density at radius 2 is 2.27 bits per heavy atom. The maximum Gasteiger partial charge on any atom is 0.303 e. The minimum absolute atomic E-state index is 0.219. The second kappa shape index (κ2) is 6.03. The van der Waals surface area contributed by atoms with Gasteiger partial charge in [0.05, 0.1) is 5.02 Å². The summed E-state index contributed by atoms with van der Waals surface area (Å²) in [5.41, 5.74) is 1.17. The molecule has 0 unspecified atom stereocenters. The maximum absolute atomic E-state index is 10.3. The molecule has 0 fully saturated rings. The first kappa shape index (κ1) is 12.4. The van der Waals surface area contributed by atoms with E-state index in [0.29, 0.717) is 6.42 Å². The molecule has 0 aromatic heterocycles. The van der Waals surface area contributed by atoms with Gasteiger partial charge in [-0.15, -0.1) is 11.8 Å². The fraction of sp³-hybridized carbons (Fsp3) is 0.364. The van der Waals surface area contributed by atoms with Gasteiger partial charge in [-0.2, -0.15) is 0 Å². The van der Waals surface area contributed by atoms with Gasteiger partial charge in [0.25, 0.3) is 0 Å². The van der Waals surface area contributed by atoms with Gasteiger partial charge in [-0.05, 0) is 36.8 Å². The van der Waals surface area contributed by atoms with E-state index in [0.717, 1.165) is 15.7 Å². The summed E-state index contributed by atoms with van der Waals surface area (Å²) in [5, 5.41) is 9.21. The number of benzene rings is 1. The molecule has 0 heterocycles. The van der Waals surface area contributed by atoms with Crippen molar-refractivity contribution in [1.29, 1.82) is 0 Å². The normalized spacial score (nSPS) is 10.3. The molecule has 82 valence electrons. The van der Waals surface area contributed by atoms with E-state index < -0.39 is 5.97 Å². The van der Waals surface area contributed by atoms with Crippen molar-refractivity contribution in [2.75, 3.05) is 5.75 Å². The minimum atomic E-state index is -0.745. The fourth-order valence-corrected chi connectivity index (χ4v) is 2.39. The Bertz CT molecular complexity index is 352. The molecule has 0 saturated heterocycles. The third-order valence-corrected chi connectivity index (χ3v) is 3.46. The topological polar surface area (TPSA) is 37.3 Å². The number of carboxylic acids is 1. The first-order chi connectivity index (χ1) is 7.09. The molecule has 1 N–H and O–H groups in total. The monoisotopic (exact) mass is 244 g/mol. The molecule has 0 aliphatic carbocycles. The molecular formula is C11H13ClO2S. The molecule has 0 amide bonds. The minimum Gasteiger partial charge on any atom is -0.481 e. The molecule has 0 radical (unpaired) electrons. The molecule has 0 bridgehead atoms. The van der Waals surface area contributed by atoms with Crippen molar-refractivity contribution in [3.8, 4) is 0 Å². The van der Waals surface area contributed by atoms with Gasteiger partial charge in [-0.25, -0.2) is 0 Å². The van der Waals surface area contributed by atoms with Crippen LogP contribution in [0, 0.1) is 6.92 Å². The van der Waals surface area contributed by atoms with E-state index >= 15 is 0 Å². The summed E-state index contributed by atoms with van der Waals surface area (Å²) in [4.78, 5) is 11.3. The van der Waals surface area contributed by atoms with Crippen LogP contribution in [0.1, 0.15) is 18.4 Å². The lowest BCUT2D eigenvalue weighted by atomic mass is 10.2. The predicted molar refractivity (Wildman–Crippen MR) is 63.8 cm³/mol. The van der Waals surface area contributed by atoms with E-state index in [1.54, 1.807) is 11.8 Å². The van der Waals surface area contributed by atoms with E-state index in [2.05, 4.69) is 0 Å². The molecule has 15 heavy (non-hydrogen) atoms. The van der Waals surface area contributed by atoms with Crippen LogP contribution in [-0.4, -0.2) is 16.8 Å². The molecule has 0 saturated carbocycles. The summed E-state index contributed by atoms with van der Waals surface area (Å²) >= 11 is 7.61. The Morgan fingerprint density at radius 3 is 2.93 bits per heavy atom. The van der Waals surface area contributed by atoms with E-state index in [-0.39, 0.29) is 6.42 Å². The quantitative estimate of drug-likeness (QED) is 0.635. The molecule has 1 aromatic carbocycles. The maximum atomic E-state index is 10.3. The molecule has 0 aliphatic heterocycles. The van der Waals surface area contributed by atoms with Crippen molar-refractivity contribution in [2.45, 2.75) is 24.7 Å². The lowest BCUT2D eigenvalue weighted by Gasteiger charge is -2.04. The van der Waals surface area contributed by atoms with Crippen LogP contribution in [0.15, 0.2) is 23.1 Å². The molecule has 1 rings (SSSR count). The fourth-order valence-electron chi connectivity index (χ4n) is 1.13. The summed E-state index contributed by atoms with van der Waals surface area (Å²) in [6.07, 6.45) is 0.890. The number of carboxylic acid groups (broad SMARTS) is 1. The average Bonchev–Trinajstić information content (AvgIpc) is 2.17. The van der Waals surface area contributed by atoms with Crippen LogP contribution in [0.2, 0.25) is 5.02 Å². The molecular weight excluding hydrogens is 232 g/mol. The van der Waals surface area contributed by atoms with Gasteiger partial charge >= 0.3 is 5.97 Å². The lowest BCUT2D eigenvalue weighted by Crippen LogP contribution is -1.94. The van der Waals surface area contributed by atoms with Crippen LogP contribution in [0.5, 0.6) is 0 Å². The highest BCUT2D eigenvalue weighted by Gasteiger charge is 2.02. The molecule has 1 aromatic rings. The van der Waals surface area contributed by atoms with E-state index in [1.807, 2.05) is 25.1 Å². The molecule has 0 atom stereocenters. The Balaban J connectivity index is 2.43. The van der Waals surface area contributed by atoms with Crippen LogP contribution >= 0.6 is 23.4 Å². The van der Waals surface area contributed by atoms with Gasteiger partial charge in [0.1, 0.15) is 0 Å². The second-order valence-corrected chi connectivity index (χ2v) is 4.82. The summed E-state index contributed by atoms with van der Waals surface area (Å²) in [5.74, 6) is 0.0427. The first-order valence-corrected chi connectivity index (χ1v) is 6.06. The van der Waals surface area contributed by atoms with Crippen molar-refractivity contribution in [1.82, 2.24) is 0 Å². The molecule has 0 aliphatic rings. The van der Waals surface area contributed by atoms with Crippen molar-refractivity contribution < 1.29 is 9.90 Å². The zero-order chi connectivity index (χ0) is 11.3. The number of carbonyl (C=O) groups is 1. The van der Waals surface area contributed by atoms with Gasteiger partial charge < -0.3 is 5.11 Å². The average molecular weight is 245 g/mol. The van der Waals surface area contributed by atoms with Crippen molar-refractivity contribution in [3.05, 3.63) is 28.8 Å². The zero-order valence-corrected chi connectivity index (χ0v) is 10.1. The standard InChI is InChI=1S/C11H13ClO2S/c1-8-4-5-9(12)10(7-8)15-6-2-3-11(13)14/h4-5,7H,2-3,6H2,1H3,(H,13,14). The number of hydrogen-bond acceptors (Lipinski definition) is 2. The van der Waals surface area contributed by atoms with Gasteiger partial charge in [-0.1, -0.05) is 17.7 Å². The molecule has 0 spiro atoms. The Labute approximate surface area is 98.6 Å². The SMILES string of the molecule is Cc1ccc(Cl)c(SCCCC(=O)O)c1. The summed E-state index contributed by atoms with van der Waals surface area (Å²) < 4.78 is 0. The Morgan fingerprint density at radius 1 is 1.53 bits per heavy atom. The highest BCUT2D eigenvalue weighted by molar-refractivity contribution is 7.99. The van der Waals surface area contributed by atoms with Gasteiger partial charge in [0, 0.05) is 11.3 Å². The van der Waals surface area contributed by atoms with Gasteiger partial charge in [0.2, 0.25) is 0 Å². The number of halogens is 1. The molecule has 4 heteroatoms. The predicted octanol–water partition coefficient (Wildman–Crippen LogP) is 3.61. The van der Waals surface area contributed by atoms with Crippen LogP contribution in [0.25, 0.3) is 0 Å². The van der Waals surface area contributed by atoms with Crippen LogP contribution < -0.4 is 0 Å². The largest absolute Gasteiger partial charge is 0.481 e. The van der Waals surface area contributed by atoms with Crippen molar-refractivity contribution in [3.63, 3.8) is 0 Å². The first-order valence-electron chi connectivity index (χ1n) is 4.70. The summed E-state index contributed by atoms with van der Waals surface area (Å²) in [6, 6.07) is 5.85. The van der Waals surface area contributed by atoms with Crippen LogP contribution in [-0.2, 0) is 4.79 Å². The highest BCUT2D eigenvalue weighted by Crippen LogP contribution is 2.28. The van der Waals surface area contributed by atoms with Gasteiger partial charge in [0.15, 0.2) is 0 Å². The smallest absolute Gasteiger partial charge is 0.303 e. The van der Waals surface area contributed by atoms with Crippen LogP contribution in [0.4, 0.5) is 0 Å². The van der Waals surface area contributed by atoms with E-state index in [9.17, 15) is 4.79 Å². The number of hydrogen-bond donors (Lipinski definition) is 1. The number of thioether (sulfide) groups is 1. The number of aliphatic carboxylic acids is 1. The van der Waals surface area contributed by atoms with Crippen LogP contribution in [0.3, 0.4) is 0 Å². The van der Waals surface area contributed by atoms with Crippen molar-refractivity contribution in [2.24, 2.45) is 0 Å². The number of rotatable bonds is 5. The lowest BCUT2D eigenvalue weighted by molar-refractivity contribution is -0.137. The third kappa shape index (κ3) is 4.58. The zero-order valence-electron chi connectivity index (χ0n) is 8.50. The summed E-state index contributed by atoms with van der Waals surface area (Å²) in [6.45, 7) is 2.01. The van der Waals surface area contributed by atoms with Crippen molar-refractivity contribution >= 4 is 29.3 Å². The second-order valence-electron chi connectivity index (χ2n) is 3.28. The van der Waals surface area contributed by atoms with E-state index in [4.69, 9.17) is 16.7 Å². The number of aryl methyl sites for hydroxylation is 1. The van der Waals surface area contributed by atoms with E-state index in [1.165, 1.54) is 5.56 Å². The Kier molecular flexibility index (Phi) is 4.99.